The van der Waals surface area contributed by atoms with Crippen molar-refractivity contribution < 1.29 is 0 Å². The average Bonchev–Trinajstić information content (AvgIpc) is 3.15. The molecular formula is C14H26N2. The Balaban J connectivity index is 1.69. The molecule has 0 bridgehead atoms. The first-order valence-corrected chi connectivity index (χ1v) is 7.21. The molecule has 0 spiro atoms. The molecule has 3 fully saturated rings. The van der Waals surface area contributed by atoms with Crippen LogP contribution < -0.4 is 5.32 Å². The van der Waals surface area contributed by atoms with Gasteiger partial charge in [-0.2, -0.15) is 0 Å². The Hall–Kier alpha value is -0.0800. The van der Waals surface area contributed by atoms with Crippen LogP contribution in [0.15, 0.2) is 0 Å². The van der Waals surface area contributed by atoms with Gasteiger partial charge in [-0.05, 0) is 50.9 Å². The van der Waals surface area contributed by atoms with E-state index in [2.05, 4.69) is 24.1 Å². The molecule has 2 aliphatic carbocycles. The summed E-state index contributed by atoms with van der Waals surface area (Å²) in [4.78, 5) is 2.84. The van der Waals surface area contributed by atoms with Crippen LogP contribution in [0.25, 0.3) is 0 Å². The standard InChI is InChI=1S/C14H26N2/c1-3-13-9-16(8-11-4-5-11)14(2,10-15-13)12-6-7-12/h11-13,15H,3-10H2,1-2H3. The van der Waals surface area contributed by atoms with E-state index in [1.807, 2.05) is 0 Å². The molecular weight excluding hydrogens is 196 g/mol. The van der Waals surface area contributed by atoms with E-state index >= 15 is 0 Å². The van der Waals surface area contributed by atoms with Crippen LogP contribution in [0.3, 0.4) is 0 Å². The zero-order valence-corrected chi connectivity index (χ0v) is 10.8. The third-order valence-corrected chi connectivity index (χ3v) is 5.04. The molecule has 1 saturated heterocycles. The molecule has 2 heteroatoms. The predicted molar refractivity (Wildman–Crippen MR) is 67.5 cm³/mol. The van der Waals surface area contributed by atoms with Gasteiger partial charge in [-0.3, -0.25) is 4.90 Å². The molecule has 2 atom stereocenters. The molecule has 0 aromatic rings. The number of hydrogen-bond acceptors (Lipinski definition) is 2. The lowest BCUT2D eigenvalue weighted by Gasteiger charge is -2.49. The molecule has 2 nitrogen and oxygen atoms in total. The first-order chi connectivity index (χ1) is 7.72. The molecule has 2 saturated carbocycles. The second-order valence-corrected chi connectivity index (χ2v) is 6.47. The lowest BCUT2D eigenvalue weighted by atomic mass is 9.89. The Labute approximate surface area is 99.8 Å². The van der Waals surface area contributed by atoms with E-state index in [0.717, 1.165) is 17.9 Å². The molecule has 1 heterocycles. The third-order valence-electron chi connectivity index (χ3n) is 5.04. The highest BCUT2D eigenvalue weighted by Gasteiger charge is 2.48. The molecule has 0 radical (unpaired) electrons. The number of piperazine rings is 1. The molecule has 0 aromatic carbocycles. The summed E-state index contributed by atoms with van der Waals surface area (Å²) in [5.41, 5.74) is 0.480. The maximum atomic E-state index is 3.76. The fraction of sp³-hybridized carbons (Fsp3) is 1.00. The summed E-state index contributed by atoms with van der Waals surface area (Å²) in [6.07, 6.45) is 7.19. The maximum absolute atomic E-state index is 3.76. The van der Waals surface area contributed by atoms with Crippen LogP contribution in [0.2, 0.25) is 0 Å². The molecule has 1 N–H and O–H groups in total. The highest BCUT2D eigenvalue weighted by atomic mass is 15.3. The number of hydrogen-bond donors (Lipinski definition) is 1. The molecule has 0 aromatic heterocycles. The first-order valence-electron chi connectivity index (χ1n) is 7.21. The largest absolute Gasteiger partial charge is 0.311 e. The van der Waals surface area contributed by atoms with E-state index in [4.69, 9.17) is 0 Å². The second-order valence-electron chi connectivity index (χ2n) is 6.47. The quantitative estimate of drug-likeness (QED) is 0.785. The van der Waals surface area contributed by atoms with Crippen LogP contribution in [-0.4, -0.2) is 36.1 Å². The summed E-state index contributed by atoms with van der Waals surface area (Å²) in [6.45, 7) is 8.72. The van der Waals surface area contributed by atoms with Gasteiger partial charge in [0.1, 0.15) is 0 Å². The topological polar surface area (TPSA) is 15.3 Å². The van der Waals surface area contributed by atoms with Crippen LogP contribution in [0.1, 0.15) is 46.0 Å². The summed E-state index contributed by atoms with van der Waals surface area (Å²) < 4.78 is 0. The highest BCUT2D eigenvalue weighted by Crippen LogP contribution is 2.45. The van der Waals surface area contributed by atoms with Crippen molar-refractivity contribution in [2.24, 2.45) is 11.8 Å². The van der Waals surface area contributed by atoms with E-state index in [1.165, 1.54) is 51.7 Å². The number of nitrogens with one attached hydrogen (secondary N) is 1. The third kappa shape index (κ3) is 2.02. The van der Waals surface area contributed by atoms with E-state index in [1.54, 1.807) is 0 Å². The van der Waals surface area contributed by atoms with Gasteiger partial charge in [-0.1, -0.05) is 6.92 Å². The van der Waals surface area contributed by atoms with Crippen LogP contribution in [-0.2, 0) is 0 Å². The average molecular weight is 222 g/mol. The molecule has 1 aliphatic heterocycles. The van der Waals surface area contributed by atoms with E-state index in [0.29, 0.717) is 5.54 Å². The monoisotopic (exact) mass is 222 g/mol. The van der Waals surface area contributed by atoms with Crippen LogP contribution in [0.4, 0.5) is 0 Å². The van der Waals surface area contributed by atoms with Gasteiger partial charge in [0.2, 0.25) is 0 Å². The summed E-state index contributed by atoms with van der Waals surface area (Å²) >= 11 is 0. The van der Waals surface area contributed by atoms with Crippen molar-refractivity contribution in [1.82, 2.24) is 10.2 Å². The highest BCUT2D eigenvalue weighted by molar-refractivity contribution is 5.05. The van der Waals surface area contributed by atoms with Gasteiger partial charge < -0.3 is 5.32 Å². The van der Waals surface area contributed by atoms with Crippen molar-refractivity contribution in [3.63, 3.8) is 0 Å². The first kappa shape index (κ1) is 11.0. The Morgan fingerprint density at radius 3 is 2.56 bits per heavy atom. The summed E-state index contributed by atoms with van der Waals surface area (Å²) in [5, 5.41) is 3.76. The number of rotatable bonds is 4. The molecule has 16 heavy (non-hydrogen) atoms. The molecule has 0 amide bonds. The van der Waals surface area contributed by atoms with Gasteiger partial charge in [-0.15, -0.1) is 0 Å². The lowest BCUT2D eigenvalue weighted by Crippen LogP contribution is -2.64. The zero-order valence-electron chi connectivity index (χ0n) is 10.8. The van der Waals surface area contributed by atoms with Gasteiger partial charge in [0.25, 0.3) is 0 Å². The Kier molecular flexibility index (Phi) is 2.75. The van der Waals surface area contributed by atoms with Crippen LogP contribution in [0.5, 0.6) is 0 Å². The van der Waals surface area contributed by atoms with Gasteiger partial charge in [0, 0.05) is 31.2 Å². The predicted octanol–water partition coefficient (Wildman–Crippen LogP) is 2.25. The summed E-state index contributed by atoms with van der Waals surface area (Å²) in [7, 11) is 0. The molecule has 3 rings (SSSR count). The Bertz CT molecular complexity index is 257. The van der Waals surface area contributed by atoms with Crippen molar-refractivity contribution in [3.05, 3.63) is 0 Å². The maximum Gasteiger partial charge on any atom is 0.0334 e. The van der Waals surface area contributed by atoms with Crippen LogP contribution >= 0.6 is 0 Å². The smallest absolute Gasteiger partial charge is 0.0334 e. The molecule has 2 unspecified atom stereocenters. The fourth-order valence-electron chi connectivity index (χ4n) is 3.28. The van der Waals surface area contributed by atoms with Crippen molar-refractivity contribution in [2.75, 3.05) is 19.6 Å². The van der Waals surface area contributed by atoms with E-state index in [9.17, 15) is 0 Å². The normalized spacial score (nSPS) is 41.2. The van der Waals surface area contributed by atoms with Crippen molar-refractivity contribution in [1.29, 1.82) is 0 Å². The Morgan fingerprint density at radius 1 is 1.25 bits per heavy atom. The minimum atomic E-state index is 0.480. The molecule has 92 valence electrons. The van der Waals surface area contributed by atoms with Crippen molar-refractivity contribution >= 4 is 0 Å². The van der Waals surface area contributed by atoms with Gasteiger partial charge in [0.05, 0.1) is 0 Å². The van der Waals surface area contributed by atoms with Crippen molar-refractivity contribution in [3.8, 4) is 0 Å². The van der Waals surface area contributed by atoms with Gasteiger partial charge in [-0.25, -0.2) is 0 Å². The molecule has 3 aliphatic rings. The minimum Gasteiger partial charge on any atom is -0.311 e. The van der Waals surface area contributed by atoms with Gasteiger partial charge in [0.15, 0.2) is 0 Å². The lowest BCUT2D eigenvalue weighted by molar-refractivity contribution is 0.0302. The van der Waals surface area contributed by atoms with Crippen LogP contribution in [0, 0.1) is 11.8 Å². The SMILES string of the molecule is CCC1CN(CC2CC2)C(C)(C2CC2)CN1. The second kappa shape index (κ2) is 3.99. The van der Waals surface area contributed by atoms with E-state index in [-0.39, 0.29) is 0 Å². The van der Waals surface area contributed by atoms with Crippen molar-refractivity contribution in [2.45, 2.75) is 57.5 Å². The number of nitrogens with zero attached hydrogens (tertiary/aromatic N) is 1. The van der Waals surface area contributed by atoms with E-state index < -0.39 is 0 Å². The summed E-state index contributed by atoms with van der Waals surface area (Å²) in [5.74, 6) is 2.02. The Morgan fingerprint density at radius 2 is 2.00 bits per heavy atom. The van der Waals surface area contributed by atoms with Gasteiger partial charge >= 0.3 is 0 Å². The minimum absolute atomic E-state index is 0.480. The zero-order chi connectivity index (χ0) is 11.2. The summed E-state index contributed by atoms with van der Waals surface area (Å²) in [6, 6.07) is 0.741. The fourth-order valence-corrected chi connectivity index (χ4v) is 3.28.